The molecule has 0 saturated heterocycles. The molecule has 2 heterocycles. The van der Waals surface area contributed by atoms with Gasteiger partial charge in [0.1, 0.15) is 11.8 Å². The lowest BCUT2D eigenvalue weighted by Gasteiger charge is -2.20. The lowest BCUT2D eigenvalue weighted by molar-refractivity contribution is 0.215. The largest absolute Gasteiger partial charge is 0.475 e. The topological polar surface area (TPSA) is 43.4 Å². The van der Waals surface area contributed by atoms with Crippen LogP contribution in [0.3, 0.4) is 0 Å². The molecule has 1 N–H and O–H groups in total. The second kappa shape index (κ2) is 3.98. The zero-order valence-electron chi connectivity index (χ0n) is 7.30. The number of hydrogen-bond acceptors (Lipinski definition) is 4. The van der Waals surface area contributed by atoms with Gasteiger partial charge in [-0.25, -0.2) is 0 Å². The van der Waals surface area contributed by atoms with E-state index in [0.717, 1.165) is 9.26 Å². The lowest BCUT2D eigenvalue weighted by Crippen LogP contribution is -2.14. The Morgan fingerprint density at radius 2 is 2.43 bits per heavy atom. The highest BCUT2D eigenvalue weighted by atomic mass is 127. The van der Waals surface area contributed by atoms with Gasteiger partial charge in [-0.05, 0) is 22.6 Å². The maximum atomic E-state index is 5.93. The minimum atomic E-state index is 0.389. The molecular formula is C8H7ClIN2O2. The number of anilines is 1. The Bertz CT molecular complexity index is 373. The van der Waals surface area contributed by atoms with Gasteiger partial charge in [0.05, 0.1) is 9.26 Å². The molecule has 0 unspecified atom stereocenters. The number of ether oxygens (including phenoxy) is 2. The van der Waals surface area contributed by atoms with Crippen molar-refractivity contribution in [1.29, 1.82) is 0 Å². The van der Waals surface area contributed by atoms with Crippen molar-refractivity contribution in [3.05, 3.63) is 15.3 Å². The lowest BCUT2D eigenvalue weighted by atomic mass is 10.3. The molecular weight excluding hydrogens is 318 g/mol. The Kier molecular flexibility index (Phi) is 2.87. The van der Waals surface area contributed by atoms with E-state index in [1.807, 2.05) is 0 Å². The molecule has 1 aliphatic rings. The normalized spacial score (nSPS) is 13.9. The van der Waals surface area contributed by atoms with E-state index in [0.29, 0.717) is 23.4 Å². The first-order chi connectivity index (χ1) is 6.74. The van der Waals surface area contributed by atoms with E-state index in [9.17, 15) is 0 Å². The number of halogens is 2. The van der Waals surface area contributed by atoms with Crippen molar-refractivity contribution >= 4 is 39.9 Å². The van der Waals surface area contributed by atoms with Gasteiger partial charge in [-0.3, -0.25) is 0 Å². The van der Waals surface area contributed by atoms with Crippen LogP contribution in [0.1, 0.15) is 0 Å². The second-order valence-corrected chi connectivity index (χ2v) is 4.01. The number of rotatable bonds is 1. The summed E-state index contributed by atoms with van der Waals surface area (Å²) < 4.78 is 11.4. The second-order valence-electron chi connectivity index (χ2n) is 2.57. The van der Waals surface area contributed by atoms with E-state index in [1.54, 1.807) is 13.7 Å². The quantitative estimate of drug-likeness (QED) is 0.636. The average Bonchev–Trinajstić information content (AvgIpc) is 2.20. The van der Waals surface area contributed by atoms with Crippen LogP contribution in [0.5, 0.6) is 11.6 Å². The van der Waals surface area contributed by atoms with Crippen LogP contribution in [0, 0.1) is 10.2 Å². The van der Waals surface area contributed by atoms with E-state index in [4.69, 9.17) is 21.1 Å². The van der Waals surface area contributed by atoms with Crippen molar-refractivity contribution in [2.45, 2.75) is 0 Å². The van der Waals surface area contributed by atoms with E-state index < -0.39 is 0 Å². The summed E-state index contributed by atoms with van der Waals surface area (Å²) >= 11 is 8.03. The van der Waals surface area contributed by atoms with Gasteiger partial charge in [-0.15, -0.1) is 0 Å². The first-order valence-electron chi connectivity index (χ1n) is 3.92. The number of pyridine rings is 1. The third kappa shape index (κ3) is 1.58. The maximum Gasteiger partial charge on any atom is 0.260 e. The molecule has 0 aromatic carbocycles. The fourth-order valence-corrected chi connectivity index (χ4v) is 1.97. The van der Waals surface area contributed by atoms with Crippen LogP contribution in [0.4, 0.5) is 5.69 Å². The monoisotopic (exact) mass is 325 g/mol. The summed E-state index contributed by atoms with van der Waals surface area (Å²) in [7, 11) is 1.80. The number of nitrogens with one attached hydrogen (secondary N) is 1. The summed E-state index contributed by atoms with van der Waals surface area (Å²) in [5.41, 5.74) is 0.802. The Morgan fingerprint density at radius 1 is 1.64 bits per heavy atom. The maximum absolute atomic E-state index is 5.93. The molecule has 14 heavy (non-hydrogen) atoms. The standard InChI is InChI=1S/C8H7ClIN2O2/c1-11-5-4(10)7(9)12-8-6(5)13-2-3-14-8/h2H,3H2,1H3,(H,11,12). The highest BCUT2D eigenvalue weighted by molar-refractivity contribution is 14.1. The van der Waals surface area contributed by atoms with Crippen LogP contribution < -0.4 is 14.8 Å². The van der Waals surface area contributed by atoms with Gasteiger partial charge in [0.25, 0.3) is 5.88 Å². The minimum absolute atomic E-state index is 0.389. The average molecular weight is 326 g/mol. The molecule has 1 aliphatic heterocycles. The van der Waals surface area contributed by atoms with Crippen LogP contribution in [0.25, 0.3) is 0 Å². The number of nitrogens with zero attached hydrogens (tertiary/aromatic N) is 1. The predicted molar refractivity (Wildman–Crippen MR) is 61.9 cm³/mol. The Labute approximate surface area is 100 Å². The predicted octanol–water partition coefficient (Wildman–Crippen LogP) is 2.31. The SMILES string of the molecule is CNc1c(I)c(Cl)nc2c1O[CH]CO2. The Morgan fingerprint density at radius 3 is 3.14 bits per heavy atom. The van der Waals surface area contributed by atoms with Crippen LogP contribution >= 0.6 is 34.2 Å². The smallest absolute Gasteiger partial charge is 0.260 e. The molecule has 0 fully saturated rings. The van der Waals surface area contributed by atoms with Gasteiger partial charge < -0.3 is 14.8 Å². The molecule has 0 spiro atoms. The number of hydrogen-bond donors (Lipinski definition) is 1. The van der Waals surface area contributed by atoms with Crippen molar-refractivity contribution < 1.29 is 9.47 Å². The molecule has 0 atom stereocenters. The molecule has 4 nitrogen and oxygen atoms in total. The van der Waals surface area contributed by atoms with E-state index in [2.05, 4.69) is 32.9 Å². The van der Waals surface area contributed by atoms with Crippen LogP contribution in [-0.4, -0.2) is 18.6 Å². The third-order valence-electron chi connectivity index (χ3n) is 1.76. The van der Waals surface area contributed by atoms with Crippen molar-refractivity contribution in [2.75, 3.05) is 19.0 Å². The number of fused-ring (bicyclic) bond motifs is 1. The van der Waals surface area contributed by atoms with Crippen LogP contribution in [-0.2, 0) is 0 Å². The Hall–Kier alpha value is -0.430. The summed E-state index contributed by atoms with van der Waals surface area (Å²) in [4.78, 5) is 4.07. The Balaban J connectivity index is 2.60. The molecule has 6 heteroatoms. The number of aromatic nitrogens is 1. The molecule has 1 radical (unpaired) electrons. The first kappa shape index (κ1) is 10.1. The first-order valence-corrected chi connectivity index (χ1v) is 5.37. The van der Waals surface area contributed by atoms with Gasteiger partial charge in [0.15, 0.2) is 6.61 Å². The summed E-state index contributed by atoms with van der Waals surface area (Å²) in [6.45, 7) is 1.97. The highest BCUT2D eigenvalue weighted by Gasteiger charge is 2.22. The molecule has 1 aromatic rings. The fraction of sp³-hybridized carbons (Fsp3) is 0.250. The van der Waals surface area contributed by atoms with Gasteiger partial charge in [0, 0.05) is 7.05 Å². The molecule has 0 bridgehead atoms. The minimum Gasteiger partial charge on any atom is -0.475 e. The fourth-order valence-electron chi connectivity index (χ4n) is 1.16. The van der Waals surface area contributed by atoms with Crippen molar-refractivity contribution in [1.82, 2.24) is 4.98 Å². The molecule has 0 amide bonds. The van der Waals surface area contributed by atoms with Crippen molar-refractivity contribution in [2.24, 2.45) is 0 Å². The molecule has 2 rings (SSSR count). The van der Waals surface area contributed by atoms with E-state index in [-0.39, 0.29) is 0 Å². The van der Waals surface area contributed by atoms with Gasteiger partial charge in [-0.2, -0.15) is 4.98 Å². The summed E-state index contributed by atoms with van der Waals surface area (Å²) in [6, 6.07) is 0. The van der Waals surface area contributed by atoms with E-state index >= 15 is 0 Å². The third-order valence-corrected chi connectivity index (χ3v) is 3.40. The van der Waals surface area contributed by atoms with Crippen LogP contribution in [0.2, 0.25) is 5.15 Å². The zero-order valence-corrected chi connectivity index (χ0v) is 10.2. The summed E-state index contributed by atoms with van der Waals surface area (Å²) in [5.74, 6) is 1.02. The molecule has 1 aromatic heterocycles. The van der Waals surface area contributed by atoms with Crippen molar-refractivity contribution in [3.63, 3.8) is 0 Å². The van der Waals surface area contributed by atoms with Gasteiger partial charge in [-0.1, -0.05) is 11.6 Å². The summed E-state index contributed by atoms with van der Waals surface area (Å²) in [6.07, 6.45) is 0. The highest BCUT2D eigenvalue weighted by Crippen LogP contribution is 2.41. The van der Waals surface area contributed by atoms with Gasteiger partial charge in [0.2, 0.25) is 5.75 Å². The van der Waals surface area contributed by atoms with E-state index in [1.165, 1.54) is 0 Å². The summed E-state index contributed by atoms with van der Waals surface area (Å²) in [5, 5.41) is 3.42. The molecule has 75 valence electrons. The zero-order chi connectivity index (χ0) is 10.1. The van der Waals surface area contributed by atoms with Crippen molar-refractivity contribution in [3.8, 4) is 11.6 Å². The van der Waals surface area contributed by atoms with Crippen LogP contribution in [0.15, 0.2) is 0 Å². The molecule has 0 aliphatic carbocycles. The molecule has 0 saturated carbocycles. The van der Waals surface area contributed by atoms with Gasteiger partial charge >= 0.3 is 0 Å².